The van der Waals surface area contributed by atoms with E-state index in [1.54, 1.807) is 0 Å². The minimum atomic E-state index is -0.887. The average Bonchev–Trinajstić information content (AvgIpc) is 2.01. The van der Waals surface area contributed by atoms with Crippen LogP contribution in [-0.2, 0) is 0 Å². The van der Waals surface area contributed by atoms with Gasteiger partial charge in [-0.2, -0.15) is 0 Å². The van der Waals surface area contributed by atoms with Crippen molar-refractivity contribution in [2.75, 3.05) is 6.61 Å². The highest BCUT2D eigenvalue weighted by atomic mass is 35.5. The van der Waals surface area contributed by atoms with Gasteiger partial charge in [0.2, 0.25) is 0 Å². The topological polar surface area (TPSA) is 60.7 Å². The summed E-state index contributed by atoms with van der Waals surface area (Å²) in [5, 5.41) is 26.7. The number of aliphatic hydroxyl groups is 3. The Morgan fingerprint density at radius 1 is 1.27 bits per heavy atom. The van der Waals surface area contributed by atoms with Gasteiger partial charge in [-0.3, -0.25) is 0 Å². The van der Waals surface area contributed by atoms with Crippen molar-refractivity contribution < 1.29 is 15.3 Å². The summed E-state index contributed by atoms with van der Waals surface area (Å²) >= 11 is 5.76. The summed E-state index contributed by atoms with van der Waals surface area (Å²) in [7, 11) is 0. The molecule has 0 amide bonds. The van der Waals surface area contributed by atoms with Crippen molar-refractivity contribution in [2.24, 2.45) is 5.92 Å². The molecule has 0 aliphatic heterocycles. The predicted octanol–water partition coefficient (Wildman–Crippen LogP) is -0.282. The largest absolute Gasteiger partial charge is 0.396 e. The molecule has 11 heavy (non-hydrogen) atoms. The van der Waals surface area contributed by atoms with E-state index in [1.807, 2.05) is 0 Å². The molecule has 3 nitrogen and oxygen atoms in total. The Morgan fingerprint density at radius 3 is 2.45 bits per heavy atom. The van der Waals surface area contributed by atoms with Crippen molar-refractivity contribution in [3.05, 3.63) is 0 Å². The number of hydrogen-bond acceptors (Lipinski definition) is 3. The van der Waals surface area contributed by atoms with Gasteiger partial charge >= 0.3 is 0 Å². The highest BCUT2D eigenvalue weighted by Gasteiger charge is 2.35. The molecule has 0 heterocycles. The zero-order valence-corrected chi connectivity index (χ0v) is 6.91. The van der Waals surface area contributed by atoms with Gasteiger partial charge in [-0.05, 0) is 12.8 Å². The molecule has 1 fully saturated rings. The lowest BCUT2D eigenvalue weighted by atomic mass is 9.85. The van der Waals surface area contributed by atoms with Gasteiger partial charge in [0.05, 0.1) is 17.6 Å². The van der Waals surface area contributed by atoms with Crippen molar-refractivity contribution in [1.29, 1.82) is 0 Å². The smallest absolute Gasteiger partial charge is 0.0965 e. The fourth-order valence-corrected chi connectivity index (χ4v) is 1.77. The van der Waals surface area contributed by atoms with Crippen LogP contribution in [0.3, 0.4) is 0 Å². The first-order chi connectivity index (χ1) is 5.16. The van der Waals surface area contributed by atoms with Gasteiger partial charge in [0.15, 0.2) is 0 Å². The first-order valence-electron chi connectivity index (χ1n) is 3.78. The summed E-state index contributed by atoms with van der Waals surface area (Å²) in [5.41, 5.74) is 0. The van der Waals surface area contributed by atoms with Gasteiger partial charge < -0.3 is 15.3 Å². The standard InChI is InChI=1S/C7H13ClO3/c8-6-4(3-9)1-2-5(10)7(6)11/h4-7,9-11H,1-3H2. The van der Waals surface area contributed by atoms with E-state index in [0.717, 1.165) is 0 Å². The molecule has 4 atom stereocenters. The molecule has 0 bridgehead atoms. The number of aliphatic hydroxyl groups excluding tert-OH is 3. The maximum atomic E-state index is 9.25. The second-order valence-corrected chi connectivity index (χ2v) is 3.53. The molecule has 1 rings (SSSR count). The van der Waals surface area contributed by atoms with E-state index in [1.165, 1.54) is 0 Å². The second kappa shape index (κ2) is 3.72. The lowest BCUT2D eigenvalue weighted by Gasteiger charge is -2.33. The normalized spacial score (nSPS) is 45.8. The lowest BCUT2D eigenvalue weighted by Crippen LogP contribution is -2.44. The Balaban J connectivity index is 2.52. The molecule has 0 aromatic carbocycles. The third kappa shape index (κ3) is 1.85. The zero-order chi connectivity index (χ0) is 8.43. The van der Waals surface area contributed by atoms with Crippen LogP contribution in [0.1, 0.15) is 12.8 Å². The van der Waals surface area contributed by atoms with Crippen LogP contribution < -0.4 is 0 Å². The molecule has 1 aliphatic carbocycles. The molecule has 0 spiro atoms. The zero-order valence-electron chi connectivity index (χ0n) is 6.15. The van der Waals surface area contributed by atoms with E-state index in [4.69, 9.17) is 21.8 Å². The minimum absolute atomic E-state index is 0.0159. The summed E-state index contributed by atoms with van der Waals surface area (Å²) in [6.07, 6.45) is -0.402. The first kappa shape index (κ1) is 9.26. The average molecular weight is 181 g/mol. The summed E-state index contributed by atoms with van der Waals surface area (Å²) < 4.78 is 0. The van der Waals surface area contributed by atoms with E-state index in [9.17, 15) is 5.11 Å². The molecule has 3 N–H and O–H groups in total. The van der Waals surface area contributed by atoms with E-state index < -0.39 is 17.6 Å². The van der Waals surface area contributed by atoms with Gasteiger partial charge in [-0.1, -0.05) is 0 Å². The van der Waals surface area contributed by atoms with Crippen molar-refractivity contribution in [3.8, 4) is 0 Å². The summed E-state index contributed by atoms with van der Waals surface area (Å²) in [4.78, 5) is 0. The summed E-state index contributed by atoms with van der Waals surface area (Å²) in [6, 6.07) is 0. The van der Waals surface area contributed by atoms with Gasteiger partial charge in [-0.15, -0.1) is 11.6 Å². The third-order valence-corrected chi connectivity index (χ3v) is 2.85. The van der Waals surface area contributed by atoms with Crippen LogP contribution in [0, 0.1) is 5.92 Å². The third-order valence-electron chi connectivity index (χ3n) is 2.24. The second-order valence-electron chi connectivity index (χ2n) is 3.02. The van der Waals surface area contributed by atoms with Crippen LogP contribution in [-0.4, -0.2) is 39.5 Å². The minimum Gasteiger partial charge on any atom is -0.396 e. The van der Waals surface area contributed by atoms with Crippen molar-refractivity contribution in [2.45, 2.75) is 30.4 Å². The molecule has 0 aromatic heterocycles. The first-order valence-corrected chi connectivity index (χ1v) is 4.21. The molecule has 4 heteroatoms. The molecular formula is C7H13ClO3. The Labute approximate surface area is 70.6 Å². The van der Waals surface area contributed by atoms with Crippen LogP contribution in [0.5, 0.6) is 0 Å². The van der Waals surface area contributed by atoms with Gasteiger partial charge in [-0.25, -0.2) is 0 Å². The Morgan fingerprint density at radius 2 is 1.91 bits per heavy atom. The molecule has 0 saturated heterocycles. The van der Waals surface area contributed by atoms with Gasteiger partial charge in [0.1, 0.15) is 0 Å². The molecule has 1 saturated carbocycles. The van der Waals surface area contributed by atoms with E-state index in [2.05, 4.69) is 0 Å². The van der Waals surface area contributed by atoms with E-state index >= 15 is 0 Å². The Kier molecular flexibility index (Phi) is 3.13. The summed E-state index contributed by atoms with van der Waals surface area (Å²) in [6.45, 7) is -0.0159. The fourth-order valence-electron chi connectivity index (χ4n) is 1.40. The molecule has 0 radical (unpaired) electrons. The highest BCUT2D eigenvalue weighted by Crippen LogP contribution is 2.28. The van der Waals surface area contributed by atoms with E-state index in [-0.39, 0.29) is 12.5 Å². The van der Waals surface area contributed by atoms with Gasteiger partial charge in [0, 0.05) is 12.5 Å². The molecule has 0 aromatic rings. The maximum Gasteiger partial charge on any atom is 0.0965 e. The SMILES string of the molecule is OCC1CCC(O)C(O)C1Cl. The Hall–Kier alpha value is 0.170. The van der Waals surface area contributed by atoms with Crippen LogP contribution in [0.25, 0.3) is 0 Å². The quantitative estimate of drug-likeness (QED) is 0.487. The number of rotatable bonds is 1. The van der Waals surface area contributed by atoms with Crippen LogP contribution in [0.2, 0.25) is 0 Å². The van der Waals surface area contributed by atoms with E-state index in [0.29, 0.717) is 12.8 Å². The van der Waals surface area contributed by atoms with Gasteiger partial charge in [0.25, 0.3) is 0 Å². The number of hydrogen-bond donors (Lipinski definition) is 3. The Bertz CT molecular complexity index is 129. The summed E-state index contributed by atoms with van der Waals surface area (Å²) in [5.74, 6) is -0.0740. The van der Waals surface area contributed by atoms with Crippen molar-refractivity contribution in [1.82, 2.24) is 0 Å². The molecule has 1 aliphatic rings. The maximum absolute atomic E-state index is 9.25. The van der Waals surface area contributed by atoms with Crippen LogP contribution in [0.15, 0.2) is 0 Å². The predicted molar refractivity (Wildman–Crippen MR) is 41.5 cm³/mol. The van der Waals surface area contributed by atoms with Crippen molar-refractivity contribution >= 4 is 11.6 Å². The molecule has 66 valence electrons. The fraction of sp³-hybridized carbons (Fsp3) is 1.00. The molecule has 4 unspecified atom stereocenters. The molecular weight excluding hydrogens is 168 g/mol. The number of alkyl halides is 1. The monoisotopic (exact) mass is 180 g/mol. The highest BCUT2D eigenvalue weighted by molar-refractivity contribution is 6.21. The van der Waals surface area contributed by atoms with Crippen LogP contribution in [0.4, 0.5) is 0 Å². The van der Waals surface area contributed by atoms with Crippen LogP contribution >= 0.6 is 11.6 Å². The van der Waals surface area contributed by atoms with Crippen molar-refractivity contribution in [3.63, 3.8) is 0 Å². The number of halogens is 1. The lowest BCUT2D eigenvalue weighted by molar-refractivity contribution is -0.0297.